The molecule has 86 valence electrons. The molecule has 0 amide bonds. The van der Waals surface area contributed by atoms with Crippen LogP contribution in [-0.4, -0.2) is 14.9 Å². The van der Waals surface area contributed by atoms with Crippen molar-refractivity contribution in [1.82, 2.24) is 9.78 Å². The number of phenolic OH excluding ortho intramolecular Hbond substituents is 1. The molecule has 17 heavy (non-hydrogen) atoms. The van der Waals surface area contributed by atoms with Gasteiger partial charge in [-0.3, -0.25) is 0 Å². The molecule has 1 aromatic carbocycles. The number of ether oxygens (including phenoxy) is 1. The second-order valence-electron chi connectivity index (χ2n) is 3.57. The van der Waals surface area contributed by atoms with E-state index in [4.69, 9.17) is 10.00 Å². The molecule has 1 heterocycles. The van der Waals surface area contributed by atoms with Crippen molar-refractivity contribution >= 4 is 0 Å². The maximum atomic E-state index is 9.60. The van der Waals surface area contributed by atoms with Gasteiger partial charge in [0.25, 0.3) is 0 Å². The molecule has 0 atom stereocenters. The maximum Gasteiger partial charge on any atom is 0.236 e. The number of nitriles is 1. The summed E-state index contributed by atoms with van der Waals surface area (Å²) in [6.07, 6.45) is 0. The van der Waals surface area contributed by atoms with Gasteiger partial charge in [-0.1, -0.05) is 12.1 Å². The summed E-state index contributed by atoms with van der Waals surface area (Å²) >= 11 is 0. The fraction of sp³-hybridized carbons (Fsp3) is 0.167. The fourth-order valence-electron chi connectivity index (χ4n) is 1.53. The standard InChI is InChI=1S/C12H11N3O2/c1-8-9(7-13)12(15(2)14-8)17-11-6-4-3-5-10(11)16/h3-6,16H,1-2H3. The number of nitrogens with zero attached hydrogens (tertiary/aromatic N) is 3. The van der Waals surface area contributed by atoms with Crippen molar-refractivity contribution in [3.05, 3.63) is 35.5 Å². The van der Waals surface area contributed by atoms with Crippen LogP contribution in [0.5, 0.6) is 17.4 Å². The first-order valence-corrected chi connectivity index (χ1v) is 5.03. The summed E-state index contributed by atoms with van der Waals surface area (Å²) in [4.78, 5) is 0. The number of aromatic hydroxyl groups is 1. The van der Waals surface area contributed by atoms with Crippen LogP contribution in [-0.2, 0) is 7.05 Å². The quantitative estimate of drug-likeness (QED) is 0.855. The molecule has 1 N–H and O–H groups in total. The Morgan fingerprint density at radius 3 is 2.76 bits per heavy atom. The summed E-state index contributed by atoms with van der Waals surface area (Å²) in [7, 11) is 1.68. The van der Waals surface area contributed by atoms with Gasteiger partial charge in [-0.25, -0.2) is 4.68 Å². The number of hydrogen-bond acceptors (Lipinski definition) is 4. The van der Waals surface area contributed by atoms with Gasteiger partial charge in [0.2, 0.25) is 5.88 Å². The van der Waals surface area contributed by atoms with Crippen LogP contribution in [0.2, 0.25) is 0 Å². The molecule has 0 unspecified atom stereocenters. The lowest BCUT2D eigenvalue weighted by atomic mass is 10.3. The minimum absolute atomic E-state index is 0.0234. The number of benzene rings is 1. The van der Waals surface area contributed by atoms with Crippen LogP contribution in [0.1, 0.15) is 11.3 Å². The zero-order valence-corrected chi connectivity index (χ0v) is 9.51. The molecule has 0 fully saturated rings. The Balaban J connectivity index is 2.44. The van der Waals surface area contributed by atoms with Crippen molar-refractivity contribution in [3.8, 4) is 23.4 Å². The van der Waals surface area contributed by atoms with Crippen LogP contribution in [0.4, 0.5) is 0 Å². The lowest BCUT2D eigenvalue weighted by Crippen LogP contribution is -1.96. The molecule has 0 aliphatic rings. The predicted molar refractivity (Wildman–Crippen MR) is 60.8 cm³/mol. The van der Waals surface area contributed by atoms with Crippen molar-refractivity contribution in [2.75, 3.05) is 0 Å². The zero-order chi connectivity index (χ0) is 12.4. The van der Waals surface area contributed by atoms with Crippen molar-refractivity contribution in [1.29, 1.82) is 5.26 Å². The van der Waals surface area contributed by atoms with Gasteiger partial charge in [-0.05, 0) is 19.1 Å². The van der Waals surface area contributed by atoms with E-state index >= 15 is 0 Å². The number of aryl methyl sites for hydroxylation is 2. The molecule has 2 rings (SSSR count). The SMILES string of the molecule is Cc1nn(C)c(Oc2ccccc2O)c1C#N. The highest BCUT2D eigenvalue weighted by Gasteiger charge is 2.16. The number of aromatic nitrogens is 2. The summed E-state index contributed by atoms with van der Waals surface area (Å²) in [6.45, 7) is 1.73. The Morgan fingerprint density at radius 2 is 2.12 bits per heavy atom. The molecule has 1 aromatic heterocycles. The number of phenols is 1. The molecule has 0 aliphatic heterocycles. The molecular weight excluding hydrogens is 218 g/mol. The van der Waals surface area contributed by atoms with Gasteiger partial charge in [0.1, 0.15) is 11.6 Å². The van der Waals surface area contributed by atoms with E-state index in [9.17, 15) is 5.11 Å². The Hall–Kier alpha value is -2.48. The third kappa shape index (κ3) is 1.93. The molecule has 0 bridgehead atoms. The number of para-hydroxylation sites is 2. The third-order valence-corrected chi connectivity index (χ3v) is 2.35. The highest BCUT2D eigenvalue weighted by molar-refractivity contribution is 5.47. The summed E-state index contributed by atoms with van der Waals surface area (Å²) in [5.74, 6) is 0.647. The van der Waals surface area contributed by atoms with Gasteiger partial charge in [-0.15, -0.1) is 0 Å². The van der Waals surface area contributed by atoms with Gasteiger partial charge in [0.15, 0.2) is 11.5 Å². The van der Waals surface area contributed by atoms with E-state index in [1.807, 2.05) is 6.07 Å². The topological polar surface area (TPSA) is 71.1 Å². The maximum absolute atomic E-state index is 9.60. The Morgan fingerprint density at radius 1 is 1.41 bits per heavy atom. The summed E-state index contributed by atoms with van der Waals surface area (Å²) in [6, 6.07) is 8.61. The molecule has 0 saturated carbocycles. The van der Waals surface area contributed by atoms with Gasteiger partial charge < -0.3 is 9.84 Å². The first-order chi connectivity index (χ1) is 8.13. The summed E-state index contributed by atoms with van der Waals surface area (Å²) in [5.41, 5.74) is 0.969. The van der Waals surface area contributed by atoms with Crippen molar-refractivity contribution < 1.29 is 9.84 Å². The smallest absolute Gasteiger partial charge is 0.236 e. The van der Waals surface area contributed by atoms with E-state index in [1.165, 1.54) is 10.7 Å². The van der Waals surface area contributed by atoms with Gasteiger partial charge >= 0.3 is 0 Å². The van der Waals surface area contributed by atoms with Crippen LogP contribution >= 0.6 is 0 Å². The van der Waals surface area contributed by atoms with Crippen LogP contribution in [0.15, 0.2) is 24.3 Å². The summed E-state index contributed by atoms with van der Waals surface area (Å²) < 4.78 is 6.98. The van der Waals surface area contributed by atoms with Crippen LogP contribution in [0, 0.1) is 18.3 Å². The van der Waals surface area contributed by atoms with Crippen molar-refractivity contribution in [2.24, 2.45) is 7.05 Å². The first-order valence-electron chi connectivity index (χ1n) is 5.03. The minimum atomic E-state index is 0.0234. The van der Waals surface area contributed by atoms with E-state index in [1.54, 1.807) is 32.2 Å². The van der Waals surface area contributed by atoms with Crippen molar-refractivity contribution in [2.45, 2.75) is 6.92 Å². The lowest BCUT2D eigenvalue weighted by Gasteiger charge is -2.07. The predicted octanol–water partition coefficient (Wildman–Crippen LogP) is 2.10. The number of hydrogen-bond donors (Lipinski definition) is 1. The van der Waals surface area contributed by atoms with E-state index in [-0.39, 0.29) is 5.75 Å². The van der Waals surface area contributed by atoms with Gasteiger partial charge in [0.05, 0.1) is 5.69 Å². The highest BCUT2D eigenvalue weighted by atomic mass is 16.5. The van der Waals surface area contributed by atoms with Crippen molar-refractivity contribution in [3.63, 3.8) is 0 Å². The third-order valence-electron chi connectivity index (χ3n) is 2.35. The second-order valence-corrected chi connectivity index (χ2v) is 3.57. The monoisotopic (exact) mass is 229 g/mol. The average molecular weight is 229 g/mol. The Kier molecular flexibility index (Phi) is 2.71. The molecule has 0 aliphatic carbocycles. The van der Waals surface area contributed by atoms with E-state index in [0.717, 1.165) is 0 Å². The molecular formula is C12H11N3O2. The molecule has 2 aromatic rings. The normalized spacial score (nSPS) is 9.94. The lowest BCUT2D eigenvalue weighted by molar-refractivity contribution is 0.387. The van der Waals surface area contributed by atoms with Gasteiger partial charge in [0, 0.05) is 7.05 Å². The molecule has 5 heteroatoms. The van der Waals surface area contributed by atoms with E-state index in [2.05, 4.69) is 5.10 Å². The van der Waals surface area contributed by atoms with E-state index in [0.29, 0.717) is 22.9 Å². The summed E-state index contributed by atoms with van der Waals surface area (Å²) in [5, 5.41) is 22.7. The van der Waals surface area contributed by atoms with Crippen LogP contribution in [0.25, 0.3) is 0 Å². The average Bonchev–Trinajstić information content (AvgIpc) is 2.56. The van der Waals surface area contributed by atoms with E-state index < -0.39 is 0 Å². The zero-order valence-electron chi connectivity index (χ0n) is 9.51. The largest absolute Gasteiger partial charge is 0.504 e. The molecule has 0 radical (unpaired) electrons. The first kappa shape index (κ1) is 11.0. The van der Waals surface area contributed by atoms with Gasteiger partial charge in [-0.2, -0.15) is 10.4 Å². The Bertz CT molecular complexity index is 596. The molecule has 0 spiro atoms. The Labute approximate surface area is 98.5 Å². The van der Waals surface area contributed by atoms with Crippen LogP contribution in [0.3, 0.4) is 0 Å². The van der Waals surface area contributed by atoms with Crippen LogP contribution < -0.4 is 4.74 Å². The second kappa shape index (κ2) is 4.18. The fourth-order valence-corrected chi connectivity index (χ4v) is 1.53. The minimum Gasteiger partial charge on any atom is -0.504 e. The highest BCUT2D eigenvalue weighted by Crippen LogP contribution is 2.32. The molecule has 5 nitrogen and oxygen atoms in total. The number of rotatable bonds is 2. The molecule has 0 saturated heterocycles.